The molecule has 1 saturated carbocycles. The van der Waals surface area contributed by atoms with Crippen molar-refractivity contribution in [3.8, 4) is 0 Å². The van der Waals surface area contributed by atoms with E-state index in [1.807, 2.05) is 28.8 Å². The summed E-state index contributed by atoms with van der Waals surface area (Å²) in [5.74, 6) is 0.274. The van der Waals surface area contributed by atoms with Crippen molar-refractivity contribution in [1.82, 2.24) is 14.5 Å². The Hall–Kier alpha value is -2.21. The van der Waals surface area contributed by atoms with Crippen LogP contribution in [-0.4, -0.2) is 45.9 Å². The first-order valence-electron chi connectivity index (χ1n) is 11.6. The van der Waals surface area contributed by atoms with Gasteiger partial charge < -0.3 is 19.6 Å². The van der Waals surface area contributed by atoms with Gasteiger partial charge in [-0.3, -0.25) is 4.79 Å². The third kappa shape index (κ3) is 4.59. The maximum absolute atomic E-state index is 13.3. The van der Waals surface area contributed by atoms with Gasteiger partial charge in [0.25, 0.3) is 5.56 Å². The fourth-order valence-electron chi connectivity index (χ4n) is 5.17. The molecule has 162 valence electrons. The van der Waals surface area contributed by atoms with Gasteiger partial charge in [-0.2, -0.15) is 0 Å². The molecule has 2 fully saturated rings. The molecule has 1 aliphatic carbocycles. The molecule has 0 bridgehead atoms. The predicted octanol–water partition coefficient (Wildman–Crippen LogP) is 4.15. The van der Waals surface area contributed by atoms with Gasteiger partial charge in [-0.05, 0) is 44.7 Å². The summed E-state index contributed by atoms with van der Waals surface area (Å²) in [7, 11) is 0. The van der Waals surface area contributed by atoms with Crippen LogP contribution < -0.4 is 10.9 Å². The number of rotatable bonds is 5. The van der Waals surface area contributed by atoms with Gasteiger partial charge in [0.15, 0.2) is 5.82 Å². The number of benzene rings is 1. The van der Waals surface area contributed by atoms with Crippen LogP contribution in [0.4, 0.5) is 5.82 Å². The Bertz CT molecular complexity index is 909. The maximum atomic E-state index is 13.3. The Kier molecular flexibility index (Phi) is 6.82. The number of aldehydes is 1. The number of nitrogens with one attached hydrogen (secondary N) is 1. The molecule has 2 aliphatic rings. The first kappa shape index (κ1) is 21.0. The lowest BCUT2D eigenvalue weighted by Crippen LogP contribution is -2.43. The molecule has 1 aliphatic heterocycles. The fraction of sp³-hybridized carbons (Fsp3) is 0.625. The van der Waals surface area contributed by atoms with Crippen LogP contribution in [0.2, 0.25) is 0 Å². The molecule has 1 aromatic heterocycles. The number of hydrogen-bond donors (Lipinski definition) is 1. The number of para-hydroxylation sites is 2. The second kappa shape index (κ2) is 9.73. The number of fused-ring (bicyclic) bond motifs is 1. The molecule has 0 amide bonds. The monoisotopic (exact) mass is 410 g/mol. The highest BCUT2D eigenvalue weighted by atomic mass is 16.1. The number of carbonyl (C=O) groups is 1. The molecule has 2 heterocycles. The summed E-state index contributed by atoms with van der Waals surface area (Å²) < 4.78 is 1.93. The summed E-state index contributed by atoms with van der Waals surface area (Å²) in [6.45, 7) is 3.83. The molecule has 0 radical (unpaired) electrons. The second-order valence-electron chi connectivity index (χ2n) is 8.96. The minimum atomic E-state index is -0.444. The van der Waals surface area contributed by atoms with Crippen LogP contribution in [0.5, 0.6) is 0 Å². The smallest absolute Gasteiger partial charge is 0.294 e. The van der Waals surface area contributed by atoms with E-state index in [0.717, 1.165) is 43.3 Å². The van der Waals surface area contributed by atoms with Gasteiger partial charge >= 0.3 is 0 Å². The third-order valence-corrected chi connectivity index (χ3v) is 6.82. The zero-order valence-electron chi connectivity index (χ0n) is 18.1. The number of anilines is 1. The summed E-state index contributed by atoms with van der Waals surface area (Å²) in [5.41, 5.74) is 1.56. The molecule has 1 unspecified atom stereocenters. The SMILES string of the molecule is CC(C=O)Nc1nc2ccccc2n(C2CCN(C3CCCCCCC3)CC2)c1=O. The molecular weight excluding hydrogens is 376 g/mol. The molecular formula is C24H34N4O2. The van der Waals surface area contributed by atoms with Crippen molar-refractivity contribution in [3.05, 3.63) is 34.6 Å². The summed E-state index contributed by atoms with van der Waals surface area (Å²) in [4.78, 5) is 31.6. The van der Waals surface area contributed by atoms with Gasteiger partial charge in [-0.1, -0.05) is 44.2 Å². The minimum Gasteiger partial charge on any atom is -0.356 e. The van der Waals surface area contributed by atoms with Crippen molar-refractivity contribution < 1.29 is 4.79 Å². The second-order valence-corrected chi connectivity index (χ2v) is 8.96. The Morgan fingerprint density at radius 3 is 2.37 bits per heavy atom. The normalized spacial score (nSPS) is 21.1. The van der Waals surface area contributed by atoms with Crippen LogP contribution in [0.15, 0.2) is 29.1 Å². The average Bonchev–Trinajstić information content (AvgIpc) is 2.74. The molecule has 2 aromatic rings. The first-order chi connectivity index (χ1) is 14.7. The van der Waals surface area contributed by atoms with E-state index in [1.165, 1.54) is 44.9 Å². The third-order valence-electron chi connectivity index (χ3n) is 6.82. The molecule has 4 rings (SSSR count). The van der Waals surface area contributed by atoms with E-state index in [0.29, 0.717) is 6.04 Å². The Labute approximate surface area is 178 Å². The van der Waals surface area contributed by atoms with Crippen molar-refractivity contribution in [2.24, 2.45) is 0 Å². The van der Waals surface area contributed by atoms with E-state index < -0.39 is 6.04 Å². The highest BCUT2D eigenvalue weighted by molar-refractivity contribution is 5.77. The van der Waals surface area contributed by atoms with Crippen LogP contribution in [0.25, 0.3) is 11.0 Å². The van der Waals surface area contributed by atoms with E-state index in [9.17, 15) is 9.59 Å². The van der Waals surface area contributed by atoms with Crippen LogP contribution in [0.3, 0.4) is 0 Å². The molecule has 6 nitrogen and oxygen atoms in total. The van der Waals surface area contributed by atoms with E-state index in [-0.39, 0.29) is 17.4 Å². The summed E-state index contributed by atoms with van der Waals surface area (Å²) in [5, 5.41) is 2.98. The minimum absolute atomic E-state index is 0.119. The quantitative estimate of drug-likeness (QED) is 0.750. The number of aromatic nitrogens is 2. The molecule has 6 heteroatoms. The Morgan fingerprint density at radius 2 is 1.67 bits per heavy atom. The average molecular weight is 411 g/mol. The van der Waals surface area contributed by atoms with Crippen molar-refractivity contribution in [1.29, 1.82) is 0 Å². The molecule has 1 aromatic carbocycles. The van der Waals surface area contributed by atoms with Gasteiger partial charge in [0.1, 0.15) is 6.29 Å². The summed E-state index contributed by atoms with van der Waals surface area (Å²) >= 11 is 0. The summed E-state index contributed by atoms with van der Waals surface area (Å²) in [6, 6.07) is 8.26. The summed E-state index contributed by atoms with van der Waals surface area (Å²) in [6.07, 6.45) is 12.2. The molecule has 0 spiro atoms. The topological polar surface area (TPSA) is 67.2 Å². The predicted molar refractivity (Wildman–Crippen MR) is 121 cm³/mol. The van der Waals surface area contributed by atoms with E-state index in [1.54, 1.807) is 6.92 Å². The Balaban J connectivity index is 1.56. The number of piperidine rings is 1. The van der Waals surface area contributed by atoms with Gasteiger partial charge in [-0.25, -0.2) is 4.98 Å². The molecule has 1 saturated heterocycles. The first-order valence-corrected chi connectivity index (χ1v) is 11.6. The number of carbonyl (C=O) groups excluding carboxylic acids is 1. The van der Waals surface area contributed by atoms with Gasteiger partial charge in [0.2, 0.25) is 0 Å². The lowest BCUT2D eigenvalue weighted by Gasteiger charge is -2.39. The zero-order valence-corrected chi connectivity index (χ0v) is 18.1. The largest absolute Gasteiger partial charge is 0.356 e. The number of nitrogens with zero attached hydrogens (tertiary/aromatic N) is 3. The van der Waals surface area contributed by atoms with Gasteiger partial charge in [0.05, 0.1) is 17.1 Å². The molecule has 1 atom stereocenters. The van der Waals surface area contributed by atoms with E-state index in [4.69, 9.17) is 0 Å². The lowest BCUT2D eigenvalue weighted by molar-refractivity contribution is -0.108. The lowest BCUT2D eigenvalue weighted by atomic mass is 9.93. The van der Waals surface area contributed by atoms with Crippen molar-refractivity contribution >= 4 is 23.1 Å². The van der Waals surface area contributed by atoms with E-state index >= 15 is 0 Å². The zero-order chi connectivity index (χ0) is 20.9. The molecule has 1 N–H and O–H groups in total. The van der Waals surface area contributed by atoms with Crippen molar-refractivity contribution in [3.63, 3.8) is 0 Å². The fourth-order valence-corrected chi connectivity index (χ4v) is 5.17. The maximum Gasteiger partial charge on any atom is 0.294 e. The number of hydrogen-bond acceptors (Lipinski definition) is 5. The molecule has 30 heavy (non-hydrogen) atoms. The number of likely N-dealkylation sites (tertiary alicyclic amines) is 1. The standard InChI is InChI=1S/C24H34N4O2/c1-18(17-29)25-23-24(30)28(22-12-8-7-11-21(22)26-23)20-13-15-27(16-14-20)19-9-5-3-2-4-6-10-19/h7-8,11-12,17-20H,2-6,9-10,13-16H2,1H3,(H,25,26). The van der Waals surface area contributed by atoms with Crippen LogP contribution >= 0.6 is 0 Å². The highest BCUT2D eigenvalue weighted by Crippen LogP contribution is 2.29. The van der Waals surface area contributed by atoms with Gasteiger partial charge in [0, 0.05) is 25.2 Å². The highest BCUT2D eigenvalue weighted by Gasteiger charge is 2.28. The van der Waals surface area contributed by atoms with Crippen molar-refractivity contribution in [2.45, 2.75) is 82.8 Å². The Morgan fingerprint density at radius 1 is 1.00 bits per heavy atom. The van der Waals surface area contributed by atoms with Crippen LogP contribution in [0.1, 0.15) is 70.8 Å². The van der Waals surface area contributed by atoms with E-state index in [2.05, 4.69) is 15.2 Å². The van der Waals surface area contributed by atoms with Crippen LogP contribution in [-0.2, 0) is 4.79 Å². The van der Waals surface area contributed by atoms with Gasteiger partial charge in [-0.15, -0.1) is 0 Å². The van der Waals surface area contributed by atoms with Crippen molar-refractivity contribution in [2.75, 3.05) is 18.4 Å². The van der Waals surface area contributed by atoms with Crippen LogP contribution in [0, 0.1) is 0 Å².